The lowest BCUT2D eigenvalue weighted by Gasteiger charge is -1.99. The molecule has 1 aromatic rings. The summed E-state index contributed by atoms with van der Waals surface area (Å²) in [6, 6.07) is 10.1. The fourth-order valence-corrected chi connectivity index (χ4v) is 1.43. The van der Waals surface area contributed by atoms with E-state index >= 15 is 0 Å². The number of carbonyl (C=O) groups excluding carboxylic acids is 1. The van der Waals surface area contributed by atoms with E-state index < -0.39 is 0 Å². The number of hydrogen-bond acceptors (Lipinski definition) is 2. The molecule has 1 rings (SSSR count). The number of ether oxygens (including phenoxy) is 1. The summed E-state index contributed by atoms with van der Waals surface area (Å²) in [6.45, 7) is 4.58. The van der Waals surface area contributed by atoms with Crippen molar-refractivity contribution in [2.24, 2.45) is 0 Å². The van der Waals surface area contributed by atoms with Gasteiger partial charge in [0.2, 0.25) is 0 Å². The Morgan fingerprint density at radius 1 is 1.28 bits per heavy atom. The van der Waals surface area contributed by atoms with E-state index in [4.69, 9.17) is 4.74 Å². The molecule has 0 N–H and O–H groups in total. The Kier molecular flexibility index (Phi) is 6.55. The molecule has 18 heavy (non-hydrogen) atoms. The first-order valence-corrected chi connectivity index (χ1v) is 6.31. The van der Waals surface area contributed by atoms with Gasteiger partial charge in [-0.3, -0.25) is 0 Å². The molecule has 0 atom stereocenters. The summed E-state index contributed by atoms with van der Waals surface area (Å²) in [5, 5.41) is 0. The van der Waals surface area contributed by atoms with Crippen LogP contribution in [0.4, 0.5) is 0 Å². The van der Waals surface area contributed by atoms with Crippen LogP contribution < -0.4 is 0 Å². The Morgan fingerprint density at radius 2 is 2.00 bits per heavy atom. The maximum absolute atomic E-state index is 11.3. The third-order valence-electron chi connectivity index (χ3n) is 2.55. The van der Waals surface area contributed by atoms with E-state index in [0.717, 1.165) is 24.0 Å². The van der Waals surface area contributed by atoms with Crippen molar-refractivity contribution in [2.75, 3.05) is 6.61 Å². The third kappa shape index (κ3) is 5.48. The van der Waals surface area contributed by atoms with Crippen molar-refractivity contribution >= 4 is 11.5 Å². The molecule has 0 fully saturated rings. The van der Waals surface area contributed by atoms with Crippen LogP contribution in [-0.2, 0) is 9.53 Å². The largest absolute Gasteiger partial charge is 0.463 e. The second kappa shape index (κ2) is 8.29. The van der Waals surface area contributed by atoms with Crippen molar-refractivity contribution in [2.45, 2.75) is 26.7 Å². The minimum Gasteiger partial charge on any atom is -0.463 e. The molecule has 0 radical (unpaired) electrons. The molecule has 0 saturated carbocycles. The van der Waals surface area contributed by atoms with Crippen LogP contribution >= 0.6 is 0 Å². The lowest BCUT2D eigenvalue weighted by molar-refractivity contribution is -0.137. The monoisotopic (exact) mass is 244 g/mol. The van der Waals surface area contributed by atoms with E-state index in [1.165, 1.54) is 6.08 Å². The molecule has 0 aliphatic heterocycles. The molecule has 2 heteroatoms. The molecule has 1 aromatic carbocycles. The van der Waals surface area contributed by atoms with Gasteiger partial charge in [0.05, 0.1) is 6.61 Å². The number of unbranched alkanes of at least 4 members (excludes halogenated alkanes) is 1. The second-order valence-electron chi connectivity index (χ2n) is 4.10. The van der Waals surface area contributed by atoms with E-state index in [1.807, 2.05) is 43.3 Å². The fraction of sp³-hybridized carbons (Fsp3) is 0.312. The summed E-state index contributed by atoms with van der Waals surface area (Å²) in [4.78, 5) is 11.3. The second-order valence-corrected chi connectivity index (χ2v) is 4.10. The van der Waals surface area contributed by atoms with Crippen LogP contribution in [0.1, 0.15) is 32.3 Å². The standard InChI is InChI=1S/C16H20O2/c1-3-4-13-18-16(17)12-8-9-14(2)15-10-6-5-7-11-15/h5-12H,3-4,13H2,1-2H3. The zero-order chi connectivity index (χ0) is 13.2. The summed E-state index contributed by atoms with van der Waals surface area (Å²) in [5.74, 6) is -0.277. The number of esters is 1. The highest BCUT2D eigenvalue weighted by molar-refractivity contribution is 5.82. The molecule has 0 saturated heterocycles. The maximum atomic E-state index is 11.3. The minimum absolute atomic E-state index is 0.277. The highest BCUT2D eigenvalue weighted by atomic mass is 16.5. The summed E-state index contributed by atoms with van der Waals surface area (Å²) in [6.07, 6.45) is 7.05. The van der Waals surface area contributed by atoms with Crippen molar-refractivity contribution in [3.05, 3.63) is 54.1 Å². The van der Waals surface area contributed by atoms with Gasteiger partial charge in [-0.1, -0.05) is 55.8 Å². The Labute approximate surface area is 109 Å². The highest BCUT2D eigenvalue weighted by Gasteiger charge is 1.95. The first-order valence-electron chi connectivity index (χ1n) is 6.31. The number of benzene rings is 1. The molecule has 0 bridgehead atoms. The van der Waals surface area contributed by atoms with Gasteiger partial charge in [-0.25, -0.2) is 4.79 Å². The zero-order valence-corrected chi connectivity index (χ0v) is 11.1. The van der Waals surface area contributed by atoms with E-state index in [1.54, 1.807) is 6.08 Å². The molecule has 96 valence electrons. The van der Waals surface area contributed by atoms with Gasteiger partial charge in [0.1, 0.15) is 0 Å². The smallest absolute Gasteiger partial charge is 0.330 e. The van der Waals surface area contributed by atoms with Crippen LogP contribution in [-0.4, -0.2) is 12.6 Å². The summed E-state index contributed by atoms with van der Waals surface area (Å²) < 4.78 is 5.01. The van der Waals surface area contributed by atoms with Crippen molar-refractivity contribution in [3.8, 4) is 0 Å². The molecule has 0 spiro atoms. The number of rotatable bonds is 6. The van der Waals surface area contributed by atoms with Gasteiger partial charge in [-0.15, -0.1) is 0 Å². The predicted octanol–water partition coefficient (Wildman–Crippen LogP) is 3.99. The number of hydrogen-bond donors (Lipinski definition) is 0. The molecule has 0 unspecified atom stereocenters. The lowest BCUT2D eigenvalue weighted by Crippen LogP contribution is -2.01. The van der Waals surface area contributed by atoms with Gasteiger partial charge in [0.25, 0.3) is 0 Å². The minimum atomic E-state index is -0.277. The molecule has 0 aliphatic carbocycles. The van der Waals surface area contributed by atoms with E-state index in [9.17, 15) is 4.79 Å². The summed E-state index contributed by atoms with van der Waals surface area (Å²) in [5.41, 5.74) is 2.27. The van der Waals surface area contributed by atoms with Crippen molar-refractivity contribution in [1.82, 2.24) is 0 Å². The van der Waals surface area contributed by atoms with Gasteiger partial charge in [0, 0.05) is 6.08 Å². The number of carbonyl (C=O) groups is 1. The molecule has 0 heterocycles. The van der Waals surface area contributed by atoms with Crippen LogP contribution in [0.5, 0.6) is 0 Å². The Morgan fingerprint density at radius 3 is 2.67 bits per heavy atom. The van der Waals surface area contributed by atoms with Gasteiger partial charge in [-0.2, -0.15) is 0 Å². The lowest BCUT2D eigenvalue weighted by atomic mass is 10.1. The van der Waals surface area contributed by atoms with E-state index in [0.29, 0.717) is 6.61 Å². The van der Waals surface area contributed by atoms with Crippen LogP contribution in [0.3, 0.4) is 0 Å². The Hall–Kier alpha value is -1.83. The fourth-order valence-electron chi connectivity index (χ4n) is 1.43. The van der Waals surface area contributed by atoms with Crippen molar-refractivity contribution < 1.29 is 9.53 Å². The molecular weight excluding hydrogens is 224 g/mol. The van der Waals surface area contributed by atoms with Crippen molar-refractivity contribution in [3.63, 3.8) is 0 Å². The van der Waals surface area contributed by atoms with Crippen molar-refractivity contribution in [1.29, 1.82) is 0 Å². The van der Waals surface area contributed by atoms with Crippen LogP contribution in [0, 0.1) is 0 Å². The molecule has 2 nitrogen and oxygen atoms in total. The van der Waals surface area contributed by atoms with E-state index in [2.05, 4.69) is 6.92 Å². The van der Waals surface area contributed by atoms with Crippen LogP contribution in [0.15, 0.2) is 48.6 Å². The quantitative estimate of drug-likeness (QED) is 0.327. The highest BCUT2D eigenvalue weighted by Crippen LogP contribution is 2.12. The van der Waals surface area contributed by atoms with Gasteiger partial charge >= 0.3 is 5.97 Å². The molecule has 0 amide bonds. The SMILES string of the molecule is CCCCOC(=O)C=CC=C(C)c1ccccc1. The molecule has 0 aromatic heterocycles. The average Bonchev–Trinajstić information content (AvgIpc) is 2.40. The topological polar surface area (TPSA) is 26.3 Å². The van der Waals surface area contributed by atoms with Gasteiger partial charge in [-0.05, 0) is 24.5 Å². The zero-order valence-electron chi connectivity index (χ0n) is 11.1. The Balaban J connectivity index is 2.45. The third-order valence-corrected chi connectivity index (χ3v) is 2.55. The summed E-state index contributed by atoms with van der Waals surface area (Å²) in [7, 11) is 0. The van der Waals surface area contributed by atoms with Crippen LogP contribution in [0.25, 0.3) is 5.57 Å². The van der Waals surface area contributed by atoms with Crippen LogP contribution in [0.2, 0.25) is 0 Å². The first-order chi connectivity index (χ1) is 8.74. The Bertz CT molecular complexity index is 416. The van der Waals surface area contributed by atoms with Gasteiger partial charge < -0.3 is 4.74 Å². The predicted molar refractivity (Wildman–Crippen MR) is 75.1 cm³/mol. The maximum Gasteiger partial charge on any atom is 0.330 e. The number of allylic oxidation sites excluding steroid dienone is 3. The van der Waals surface area contributed by atoms with Gasteiger partial charge in [0.15, 0.2) is 0 Å². The average molecular weight is 244 g/mol. The molecule has 0 aliphatic rings. The molecular formula is C16H20O2. The summed E-state index contributed by atoms with van der Waals surface area (Å²) >= 11 is 0. The van der Waals surface area contributed by atoms with E-state index in [-0.39, 0.29) is 5.97 Å². The first kappa shape index (κ1) is 14.2. The normalized spacial score (nSPS) is 11.8.